The third kappa shape index (κ3) is 5.63. The Kier molecular flexibility index (Phi) is 3.61. The maximum Gasteiger partial charge on any atom is 0.0596 e. The van der Waals surface area contributed by atoms with Crippen LogP contribution >= 0.6 is 0 Å². The second-order valence-corrected chi connectivity index (χ2v) is 1.34. The zero-order valence-corrected chi connectivity index (χ0v) is 4.63. The standard InChI is InChI=1S/C5H10NO/c1-5(7)3-4-6-2/h3-5,7H,1-2H3. The van der Waals surface area contributed by atoms with Crippen molar-refractivity contribution in [3.8, 4) is 0 Å². The summed E-state index contributed by atoms with van der Waals surface area (Å²) in [6.07, 6.45) is 2.81. The first kappa shape index (κ1) is 6.63. The molecule has 0 aromatic heterocycles. The van der Waals surface area contributed by atoms with Crippen LogP contribution in [0.2, 0.25) is 0 Å². The van der Waals surface area contributed by atoms with E-state index in [0.29, 0.717) is 0 Å². The van der Waals surface area contributed by atoms with E-state index >= 15 is 0 Å². The molecule has 0 aliphatic rings. The maximum atomic E-state index is 8.54. The molecular formula is C5H10NO. The van der Waals surface area contributed by atoms with E-state index in [9.17, 15) is 0 Å². The minimum atomic E-state index is -0.372. The first-order valence-electron chi connectivity index (χ1n) is 2.21. The van der Waals surface area contributed by atoms with Crippen LogP contribution in [-0.2, 0) is 0 Å². The first-order chi connectivity index (χ1) is 3.27. The van der Waals surface area contributed by atoms with Crippen molar-refractivity contribution in [1.29, 1.82) is 0 Å². The summed E-state index contributed by atoms with van der Waals surface area (Å²) in [5, 5.41) is 8.54. The minimum Gasteiger partial charge on any atom is -0.393 e. The highest BCUT2D eigenvalue weighted by atomic mass is 16.3. The molecule has 0 rings (SSSR count). The van der Waals surface area contributed by atoms with E-state index in [-0.39, 0.29) is 6.10 Å². The van der Waals surface area contributed by atoms with Gasteiger partial charge < -0.3 is 10.1 Å². The quantitative estimate of drug-likeness (QED) is 0.496. The Hall–Kier alpha value is -0.370. The molecule has 1 unspecified atom stereocenters. The van der Waals surface area contributed by atoms with Crippen molar-refractivity contribution < 1.29 is 5.11 Å². The van der Waals surface area contributed by atoms with Crippen LogP contribution in [0.15, 0.2) is 4.99 Å². The molecule has 0 aliphatic heterocycles. The number of hydrogen-bond acceptors (Lipinski definition) is 2. The Morgan fingerprint density at radius 1 is 1.71 bits per heavy atom. The molecule has 0 spiro atoms. The number of aliphatic hydroxyl groups excluding tert-OH is 1. The summed E-state index contributed by atoms with van der Waals surface area (Å²) in [5.41, 5.74) is 0. The molecule has 0 heterocycles. The third-order valence-corrected chi connectivity index (χ3v) is 0.514. The Morgan fingerprint density at radius 2 is 2.29 bits per heavy atom. The molecule has 0 aliphatic carbocycles. The largest absolute Gasteiger partial charge is 0.393 e. The van der Waals surface area contributed by atoms with E-state index < -0.39 is 0 Å². The van der Waals surface area contributed by atoms with Crippen molar-refractivity contribution in [3.05, 3.63) is 6.42 Å². The molecule has 0 fully saturated rings. The molecule has 41 valence electrons. The van der Waals surface area contributed by atoms with Gasteiger partial charge in [0.15, 0.2) is 0 Å². The first-order valence-corrected chi connectivity index (χ1v) is 2.21. The average molecular weight is 100 g/mol. The highest BCUT2D eigenvalue weighted by Crippen LogP contribution is 1.80. The van der Waals surface area contributed by atoms with Crippen LogP contribution < -0.4 is 0 Å². The average Bonchev–Trinajstić information content (AvgIpc) is 1.61. The molecule has 0 saturated heterocycles. The van der Waals surface area contributed by atoms with E-state index in [2.05, 4.69) is 4.99 Å². The van der Waals surface area contributed by atoms with Crippen molar-refractivity contribution in [2.45, 2.75) is 13.0 Å². The van der Waals surface area contributed by atoms with Gasteiger partial charge >= 0.3 is 0 Å². The lowest BCUT2D eigenvalue weighted by molar-refractivity contribution is 0.235. The van der Waals surface area contributed by atoms with Gasteiger partial charge in [-0.05, 0) is 6.92 Å². The van der Waals surface area contributed by atoms with Crippen LogP contribution in [-0.4, -0.2) is 24.5 Å². The second kappa shape index (κ2) is 3.81. The van der Waals surface area contributed by atoms with Crippen molar-refractivity contribution in [3.63, 3.8) is 0 Å². The minimum absolute atomic E-state index is 0.372. The fourth-order valence-corrected chi connectivity index (χ4v) is 0.211. The summed E-state index contributed by atoms with van der Waals surface area (Å²) in [6, 6.07) is 0. The number of hydrogen-bond donors (Lipinski definition) is 1. The Labute approximate surface area is 43.9 Å². The predicted octanol–water partition coefficient (Wildman–Crippen LogP) is 0.272. The molecule has 0 saturated carbocycles. The van der Waals surface area contributed by atoms with Crippen LogP contribution in [0, 0.1) is 6.42 Å². The number of rotatable bonds is 2. The Balaban J connectivity index is 2.97. The zero-order chi connectivity index (χ0) is 5.70. The summed E-state index contributed by atoms with van der Waals surface area (Å²) in [5.74, 6) is 0. The van der Waals surface area contributed by atoms with Crippen LogP contribution in [0.25, 0.3) is 0 Å². The number of nitrogens with zero attached hydrogens (tertiary/aromatic N) is 1. The Bertz CT molecular complexity index is 59.1. The van der Waals surface area contributed by atoms with E-state index in [1.165, 1.54) is 0 Å². The fraction of sp³-hybridized carbons (Fsp3) is 0.600. The highest BCUT2D eigenvalue weighted by Gasteiger charge is 1.87. The molecular weight excluding hydrogens is 90.1 g/mol. The van der Waals surface area contributed by atoms with Crippen LogP contribution in [0.5, 0.6) is 0 Å². The van der Waals surface area contributed by atoms with Gasteiger partial charge in [-0.15, -0.1) is 0 Å². The lowest BCUT2D eigenvalue weighted by Gasteiger charge is -1.92. The fourth-order valence-electron chi connectivity index (χ4n) is 0.211. The topological polar surface area (TPSA) is 32.6 Å². The molecule has 1 atom stereocenters. The summed E-state index contributed by atoms with van der Waals surface area (Å²) in [7, 11) is 1.67. The molecule has 1 radical (unpaired) electrons. The third-order valence-electron chi connectivity index (χ3n) is 0.514. The molecule has 0 bridgehead atoms. The normalized spacial score (nSPS) is 15.3. The molecule has 0 aromatic rings. The van der Waals surface area contributed by atoms with Crippen molar-refractivity contribution in [1.82, 2.24) is 0 Å². The van der Waals surface area contributed by atoms with Gasteiger partial charge in [-0.1, -0.05) is 0 Å². The molecule has 7 heavy (non-hydrogen) atoms. The molecule has 0 aromatic carbocycles. The summed E-state index contributed by atoms with van der Waals surface area (Å²) >= 11 is 0. The number of aliphatic hydroxyl groups is 1. The van der Waals surface area contributed by atoms with Crippen molar-refractivity contribution >= 4 is 6.21 Å². The van der Waals surface area contributed by atoms with E-state index in [1.807, 2.05) is 0 Å². The molecule has 1 N–H and O–H groups in total. The summed E-state index contributed by atoms with van der Waals surface area (Å²) in [4.78, 5) is 3.64. The monoisotopic (exact) mass is 100 g/mol. The van der Waals surface area contributed by atoms with E-state index in [0.717, 1.165) is 0 Å². The highest BCUT2D eigenvalue weighted by molar-refractivity contribution is 5.68. The van der Waals surface area contributed by atoms with Gasteiger partial charge in [0.25, 0.3) is 0 Å². The Morgan fingerprint density at radius 3 is 2.43 bits per heavy atom. The van der Waals surface area contributed by atoms with Crippen LogP contribution in [0.1, 0.15) is 6.92 Å². The van der Waals surface area contributed by atoms with Gasteiger partial charge in [-0.2, -0.15) is 0 Å². The van der Waals surface area contributed by atoms with Gasteiger partial charge in [0.1, 0.15) is 0 Å². The summed E-state index contributed by atoms with van der Waals surface area (Å²) < 4.78 is 0. The lowest BCUT2D eigenvalue weighted by Crippen LogP contribution is -1.99. The summed E-state index contributed by atoms with van der Waals surface area (Å²) in [6.45, 7) is 1.68. The lowest BCUT2D eigenvalue weighted by atomic mass is 10.3. The van der Waals surface area contributed by atoms with Gasteiger partial charge in [0.2, 0.25) is 0 Å². The van der Waals surface area contributed by atoms with Gasteiger partial charge in [-0.25, -0.2) is 0 Å². The van der Waals surface area contributed by atoms with Crippen molar-refractivity contribution in [2.75, 3.05) is 7.05 Å². The predicted molar refractivity (Wildman–Crippen MR) is 30.4 cm³/mol. The SMILES string of the molecule is CN=C[CH]C(C)O. The van der Waals surface area contributed by atoms with Gasteiger partial charge in [0, 0.05) is 19.7 Å². The van der Waals surface area contributed by atoms with Crippen LogP contribution in [0.3, 0.4) is 0 Å². The van der Waals surface area contributed by atoms with Gasteiger partial charge in [0.05, 0.1) is 6.10 Å². The molecule has 2 nitrogen and oxygen atoms in total. The molecule has 0 amide bonds. The number of aliphatic imine (C=N–C) groups is 1. The maximum absolute atomic E-state index is 8.54. The van der Waals surface area contributed by atoms with Crippen molar-refractivity contribution in [2.24, 2.45) is 4.99 Å². The molecule has 2 heteroatoms. The van der Waals surface area contributed by atoms with Crippen LogP contribution in [0.4, 0.5) is 0 Å². The smallest absolute Gasteiger partial charge is 0.0596 e. The van der Waals surface area contributed by atoms with E-state index in [1.54, 1.807) is 26.6 Å². The zero-order valence-electron chi connectivity index (χ0n) is 4.63. The second-order valence-electron chi connectivity index (χ2n) is 1.34. The van der Waals surface area contributed by atoms with E-state index in [4.69, 9.17) is 5.11 Å². The van der Waals surface area contributed by atoms with Gasteiger partial charge in [-0.3, -0.25) is 0 Å².